The normalized spacial score (nSPS) is 15.2. The fourth-order valence-electron chi connectivity index (χ4n) is 4.07. The number of hydrogen-bond donors (Lipinski definition) is 2. The van der Waals surface area contributed by atoms with Crippen LogP contribution < -0.4 is 15.5 Å². The summed E-state index contributed by atoms with van der Waals surface area (Å²) in [6, 6.07) is 12.7. The molecule has 7 heteroatoms. The molecule has 0 spiro atoms. The Bertz CT molecular complexity index is 1060. The molecule has 1 saturated heterocycles. The van der Waals surface area contributed by atoms with Crippen molar-refractivity contribution in [3.05, 3.63) is 48.4 Å². The van der Waals surface area contributed by atoms with Crippen molar-refractivity contribution in [2.45, 2.75) is 45.2 Å². The monoisotopic (exact) mass is 401 g/mol. The summed E-state index contributed by atoms with van der Waals surface area (Å²) in [4.78, 5) is 15.2. The first kappa shape index (κ1) is 20.0. The van der Waals surface area contributed by atoms with Crippen LogP contribution in [0.2, 0.25) is 0 Å². The van der Waals surface area contributed by atoms with Crippen molar-refractivity contribution >= 4 is 28.2 Å². The highest BCUT2D eigenvalue weighted by Crippen LogP contribution is 2.36. The minimum absolute atomic E-state index is 0.0998. The van der Waals surface area contributed by atoms with Crippen LogP contribution in [-0.4, -0.2) is 39.6 Å². The molecule has 0 amide bonds. The van der Waals surface area contributed by atoms with E-state index >= 15 is 0 Å². The topological polar surface area (TPSA) is 89.8 Å². The summed E-state index contributed by atoms with van der Waals surface area (Å²) in [5, 5.41) is 18.0. The van der Waals surface area contributed by atoms with Gasteiger partial charge >= 0.3 is 0 Å². The number of nitrogens with one attached hydrogen (secondary N) is 2. The van der Waals surface area contributed by atoms with Crippen LogP contribution in [0.25, 0.3) is 10.9 Å². The molecule has 1 aromatic carbocycles. The van der Waals surface area contributed by atoms with Gasteiger partial charge < -0.3 is 15.5 Å². The second-order valence-corrected chi connectivity index (χ2v) is 8.69. The van der Waals surface area contributed by atoms with Crippen molar-refractivity contribution in [1.29, 1.82) is 5.26 Å². The van der Waals surface area contributed by atoms with Gasteiger partial charge in [-0.2, -0.15) is 5.26 Å². The number of fused-ring (bicyclic) bond motifs is 1. The molecule has 2 aromatic heterocycles. The molecule has 30 heavy (non-hydrogen) atoms. The maximum absolute atomic E-state index is 10.1. The van der Waals surface area contributed by atoms with E-state index in [-0.39, 0.29) is 5.54 Å². The van der Waals surface area contributed by atoms with Crippen LogP contribution in [0, 0.1) is 11.3 Å². The van der Waals surface area contributed by atoms with Gasteiger partial charge in [0, 0.05) is 36.3 Å². The van der Waals surface area contributed by atoms with E-state index in [4.69, 9.17) is 4.98 Å². The van der Waals surface area contributed by atoms with E-state index in [2.05, 4.69) is 52.3 Å². The lowest BCUT2D eigenvalue weighted by Crippen LogP contribution is -2.49. The van der Waals surface area contributed by atoms with E-state index in [1.54, 1.807) is 12.3 Å². The van der Waals surface area contributed by atoms with Crippen LogP contribution in [0.1, 0.15) is 39.2 Å². The van der Waals surface area contributed by atoms with Crippen molar-refractivity contribution in [3.63, 3.8) is 0 Å². The molecule has 2 N–H and O–H groups in total. The zero-order valence-corrected chi connectivity index (χ0v) is 17.7. The third kappa shape index (κ3) is 4.34. The Morgan fingerprint density at radius 3 is 2.57 bits per heavy atom. The molecule has 0 radical (unpaired) electrons. The highest BCUT2D eigenvalue weighted by Gasteiger charge is 2.27. The van der Waals surface area contributed by atoms with Gasteiger partial charge in [0.2, 0.25) is 0 Å². The lowest BCUT2D eigenvalue weighted by molar-refractivity contribution is 0.317. The first-order chi connectivity index (χ1) is 14.4. The maximum Gasteiger partial charge on any atom is 0.152 e. The molecule has 154 valence electrons. The summed E-state index contributed by atoms with van der Waals surface area (Å²) in [5.41, 5.74) is 2.46. The summed E-state index contributed by atoms with van der Waals surface area (Å²) < 4.78 is 0. The molecule has 4 rings (SSSR count). The van der Waals surface area contributed by atoms with Crippen molar-refractivity contribution < 1.29 is 0 Å². The summed E-state index contributed by atoms with van der Waals surface area (Å²) in [6.45, 7) is 8.39. The number of aromatic nitrogens is 3. The average Bonchev–Trinajstić information content (AvgIpc) is 2.73. The van der Waals surface area contributed by atoms with Gasteiger partial charge in [-0.3, -0.25) is 0 Å². The Kier molecular flexibility index (Phi) is 5.51. The van der Waals surface area contributed by atoms with E-state index in [1.807, 2.05) is 24.3 Å². The highest BCUT2D eigenvalue weighted by atomic mass is 15.2. The standard InChI is InChI=1S/C23H27N7/c1-23(2,3)29-16-9-12-30(13-10-16)21-17-6-4-5-7-19(17)27-22(18(21)14-24)28-20-8-11-25-15-26-20/h4-8,11,15-16,29H,9-10,12-13H2,1-3H3,(H,25,26,27,28). The molecular formula is C23H27N7. The molecule has 3 heterocycles. The quantitative estimate of drug-likeness (QED) is 0.683. The van der Waals surface area contributed by atoms with Crippen LogP contribution in [0.15, 0.2) is 42.9 Å². The van der Waals surface area contributed by atoms with Gasteiger partial charge in [-0.25, -0.2) is 15.0 Å². The number of rotatable bonds is 4. The Morgan fingerprint density at radius 1 is 1.13 bits per heavy atom. The fourth-order valence-corrected chi connectivity index (χ4v) is 4.07. The number of piperidine rings is 1. The fraction of sp³-hybridized carbons (Fsp3) is 0.391. The van der Waals surface area contributed by atoms with E-state index in [9.17, 15) is 5.26 Å². The number of anilines is 3. The molecule has 1 aliphatic rings. The Labute approximate surface area is 177 Å². The smallest absolute Gasteiger partial charge is 0.152 e. The van der Waals surface area contributed by atoms with E-state index in [1.165, 1.54) is 6.33 Å². The van der Waals surface area contributed by atoms with Crippen molar-refractivity contribution in [2.24, 2.45) is 0 Å². The van der Waals surface area contributed by atoms with E-state index in [0.29, 0.717) is 23.2 Å². The second-order valence-electron chi connectivity index (χ2n) is 8.69. The molecule has 1 aliphatic heterocycles. The number of nitriles is 1. The predicted molar refractivity (Wildman–Crippen MR) is 120 cm³/mol. The summed E-state index contributed by atoms with van der Waals surface area (Å²) >= 11 is 0. The minimum atomic E-state index is 0.0998. The number of pyridine rings is 1. The first-order valence-electron chi connectivity index (χ1n) is 10.3. The van der Waals surface area contributed by atoms with Crippen LogP contribution in [0.4, 0.5) is 17.3 Å². The second kappa shape index (κ2) is 8.25. The van der Waals surface area contributed by atoms with Gasteiger partial charge in [0.25, 0.3) is 0 Å². The van der Waals surface area contributed by atoms with Crippen LogP contribution in [0.5, 0.6) is 0 Å². The van der Waals surface area contributed by atoms with Crippen molar-refractivity contribution in [2.75, 3.05) is 23.3 Å². The number of para-hydroxylation sites is 1. The van der Waals surface area contributed by atoms with Gasteiger partial charge in [0.15, 0.2) is 5.82 Å². The zero-order valence-electron chi connectivity index (χ0n) is 17.7. The third-order valence-electron chi connectivity index (χ3n) is 5.25. The molecule has 0 aliphatic carbocycles. The molecule has 0 unspecified atom stereocenters. The predicted octanol–water partition coefficient (Wildman–Crippen LogP) is 4.00. The molecule has 3 aromatic rings. The van der Waals surface area contributed by atoms with Crippen LogP contribution in [0.3, 0.4) is 0 Å². The van der Waals surface area contributed by atoms with Crippen LogP contribution in [-0.2, 0) is 0 Å². The Balaban J connectivity index is 1.71. The van der Waals surface area contributed by atoms with E-state index in [0.717, 1.165) is 42.5 Å². The maximum atomic E-state index is 10.1. The van der Waals surface area contributed by atoms with Crippen molar-refractivity contribution in [1.82, 2.24) is 20.3 Å². The molecular weight excluding hydrogens is 374 g/mol. The average molecular weight is 402 g/mol. The van der Waals surface area contributed by atoms with Gasteiger partial charge in [-0.1, -0.05) is 18.2 Å². The molecule has 1 fully saturated rings. The third-order valence-corrected chi connectivity index (χ3v) is 5.25. The summed E-state index contributed by atoms with van der Waals surface area (Å²) in [6.07, 6.45) is 5.21. The molecule has 7 nitrogen and oxygen atoms in total. The number of nitrogens with zero attached hydrogens (tertiary/aromatic N) is 5. The first-order valence-corrected chi connectivity index (χ1v) is 10.3. The Morgan fingerprint density at radius 2 is 1.90 bits per heavy atom. The lowest BCUT2D eigenvalue weighted by atomic mass is 9.98. The summed E-state index contributed by atoms with van der Waals surface area (Å²) in [5.74, 6) is 1.14. The molecule has 0 saturated carbocycles. The summed E-state index contributed by atoms with van der Waals surface area (Å²) in [7, 11) is 0. The highest BCUT2D eigenvalue weighted by molar-refractivity contribution is 5.98. The van der Waals surface area contributed by atoms with Gasteiger partial charge in [-0.15, -0.1) is 0 Å². The van der Waals surface area contributed by atoms with Gasteiger partial charge in [-0.05, 0) is 45.7 Å². The van der Waals surface area contributed by atoms with E-state index < -0.39 is 0 Å². The molecule has 0 bridgehead atoms. The SMILES string of the molecule is CC(C)(C)NC1CCN(c2c(C#N)c(Nc3ccncn3)nc3ccccc23)CC1. The number of hydrogen-bond acceptors (Lipinski definition) is 7. The lowest BCUT2D eigenvalue weighted by Gasteiger charge is -2.38. The van der Waals surface area contributed by atoms with Gasteiger partial charge in [0.1, 0.15) is 23.8 Å². The number of benzene rings is 1. The largest absolute Gasteiger partial charge is 0.370 e. The van der Waals surface area contributed by atoms with Crippen LogP contribution >= 0.6 is 0 Å². The molecule has 0 atom stereocenters. The van der Waals surface area contributed by atoms with Gasteiger partial charge in [0.05, 0.1) is 11.2 Å². The minimum Gasteiger partial charge on any atom is -0.370 e. The Hall–Kier alpha value is -3.24. The van der Waals surface area contributed by atoms with Crippen molar-refractivity contribution in [3.8, 4) is 6.07 Å². The zero-order chi connectivity index (χ0) is 21.1.